The Bertz CT molecular complexity index is 600. The molecule has 0 spiro atoms. The highest BCUT2D eigenvalue weighted by Gasteiger charge is 2.29. The molecule has 0 aliphatic heterocycles. The maximum Gasteiger partial charge on any atom is 0.201 e. The summed E-state index contributed by atoms with van der Waals surface area (Å²) in [6.45, 7) is 6.88. The Morgan fingerprint density at radius 3 is 2.63 bits per heavy atom. The van der Waals surface area contributed by atoms with E-state index in [1.165, 1.54) is 36.8 Å². The van der Waals surface area contributed by atoms with Gasteiger partial charge in [0.1, 0.15) is 0 Å². The first kappa shape index (κ1) is 12.5. The highest BCUT2D eigenvalue weighted by Crippen LogP contribution is 2.42. The second-order valence-electron chi connectivity index (χ2n) is 6.68. The van der Waals surface area contributed by atoms with Crippen LogP contribution in [0.15, 0.2) is 18.2 Å². The topological polar surface area (TPSA) is 43.8 Å². The standard InChI is InChI=1S/C16H23N3/c1-11-5-4-6-13-14(11)19(15(17)18-13)12-7-9-16(2,3)10-8-12/h4-6,12H,7-10H2,1-3H3,(H2,17,18). The molecular weight excluding hydrogens is 234 g/mol. The molecule has 1 aliphatic carbocycles. The second kappa shape index (κ2) is 4.26. The monoisotopic (exact) mass is 257 g/mol. The van der Waals surface area contributed by atoms with E-state index in [1.54, 1.807) is 0 Å². The van der Waals surface area contributed by atoms with Crippen molar-refractivity contribution in [2.45, 2.75) is 52.5 Å². The third kappa shape index (κ3) is 2.11. The molecule has 0 radical (unpaired) electrons. The van der Waals surface area contributed by atoms with E-state index in [0.717, 1.165) is 5.52 Å². The smallest absolute Gasteiger partial charge is 0.201 e. The van der Waals surface area contributed by atoms with E-state index in [2.05, 4.69) is 48.5 Å². The number of anilines is 1. The Morgan fingerprint density at radius 2 is 1.95 bits per heavy atom. The minimum absolute atomic E-state index is 0.483. The molecule has 2 N–H and O–H groups in total. The van der Waals surface area contributed by atoms with Crippen LogP contribution in [0, 0.1) is 12.3 Å². The van der Waals surface area contributed by atoms with Gasteiger partial charge in [0.15, 0.2) is 0 Å². The number of hydrogen-bond donors (Lipinski definition) is 1. The molecular formula is C16H23N3. The maximum absolute atomic E-state index is 6.17. The van der Waals surface area contributed by atoms with Crippen molar-refractivity contribution in [3.8, 4) is 0 Å². The highest BCUT2D eigenvalue weighted by molar-refractivity contribution is 5.81. The van der Waals surface area contributed by atoms with Crippen LogP contribution in [0.3, 0.4) is 0 Å². The lowest BCUT2D eigenvalue weighted by atomic mass is 9.75. The van der Waals surface area contributed by atoms with Gasteiger partial charge in [-0.25, -0.2) is 4.98 Å². The van der Waals surface area contributed by atoms with Crippen molar-refractivity contribution in [3.05, 3.63) is 23.8 Å². The summed E-state index contributed by atoms with van der Waals surface area (Å²) in [7, 11) is 0. The normalized spacial score (nSPS) is 19.9. The lowest BCUT2D eigenvalue weighted by Gasteiger charge is -2.35. The predicted octanol–water partition coefficient (Wildman–Crippen LogP) is 4.07. The van der Waals surface area contributed by atoms with E-state index in [-0.39, 0.29) is 0 Å². The van der Waals surface area contributed by atoms with E-state index in [9.17, 15) is 0 Å². The van der Waals surface area contributed by atoms with Crippen molar-refractivity contribution in [2.24, 2.45) is 5.41 Å². The predicted molar refractivity (Wildman–Crippen MR) is 80.2 cm³/mol. The van der Waals surface area contributed by atoms with Crippen LogP contribution in [0.5, 0.6) is 0 Å². The molecule has 0 bridgehead atoms. The van der Waals surface area contributed by atoms with Crippen LogP contribution in [0.1, 0.15) is 51.1 Å². The number of nitrogens with zero attached hydrogens (tertiary/aromatic N) is 2. The Labute approximate surface area is 114 Å². The van der Waals surface area contributed by atoms with Crippen LogP contribution in [-0.4, -0.2) is 9.55 Å². The summed E-state index contributed by atoms with van der Waals surface area (Å²) in [6.07, 6.45) is 4.94. The van der Waals surface area contributed by atoms with Crippen molar-refractivity contribution >= 4 is 17.0 Å². The number of aryl methyl sites for hydroxylation is 1. The number of fused-ring (bicyclic) bond motifs is 1. The summed E-state index contributed by atoms with van der Waals surface area (Å²) < 4.78 is 2.28. The average Bonchev–Trinajstić information content (AvgIpc) is 2.67. The first-order valence-corrected chi connectivity index (χ1v) is 7.21. The van der Waals surface area contributed by atoms with E-state index in [0.29, 0.717) is 17.4 Å². The van der Waals surface area contributed by atoms with Gasteiger partial charge in [0.05, 0.1) is 11.0 Å². The lowest BCUT2D eigenvalue weighted by Crippen LogP contribution is -2.24. The maximum atomic E-state index is 6.17. The molecule has 0 amide bonds. The van der Waals surface area contributed by atoms with Crippen LogP contribution in [0.4, 0.5) is 5.95 Å². The number of para-hydroxylation sites is 1. The van der Waals surface area contributed by atoms with Gasteiger partial charge in [-0.2, -0.15) is 0 Å². The summed E-state index contributed by atoms with van der Waals surface area (Å²) in [5, 5.41) is 0. The van der Waals surface area contributed by atoms with E-state index >= 15 is 0 Å². The zero-order valence-electron chi connectivity index (χ0n) is 12.1. The largest absolute Gasteiger partial charge is 0.369 e. The fraction of sp³-hybridized carbons (Fsp3) is 0.562. The first-order valence-electron chi connectivity index (χ1n) is 7.21. The zero-order chi connectivity index (χ0) is 13.6. The van der Waals surface area contributed by atoms with Crippen LogP contribution in [0.25, 0.3) is 11.0 Å². The van der Waals surface area contributed by atoms with Gasteiger partial charge in [0.25, 0.3) is 0 Å². The van der Waals surface area contributed by atoms with Crippen LogP contribution >= 0.6 is 0 Å². The minimum atomic E-state index is 0.483. The molecule has 0 saturated heterocycles. The zero-order valence-corrected chi connectivity index (χ0v) is 12.1. The molecule has 0 atom stereocenters. The molecule has 3 nitrogen and oxygen atoms in total. The molecule has 0 unspecified atom stereocenters. The number of aromatic nitrogens is 2. The fourth-order valence-electron chi connectivity index (χ4n) is 3.35. The quantitative estimate of drug-likeness (QED) is 0.837. The van der Waals surface area contributed by atoms with Gasteiger partial charge in [0, 0.05) is 6.04 Å². The molecule has 1 aromatic heterocycles. The third-order valence-corrected chi connectivity index (χ3v) is 4.61. The van der Waals surface area contributed by atoms with Crippen molar-refractivity contribution in [3.63, 3.8) is 0 Å². The van der Waals surface area contributed by atoms with Gasteiger partial charge in [0.2, 0.25) is 5.95 Å². The SMILES string of the molecule is Cc1cccc2nc(N)n(C3CCC(C)(C)CC3)c12. The van der Waals surface area contributed by atoms with Gasteiger partial charge in [-0.3, -0.25) is 0 Å². The first-order chi connectivity index (χ1) is 8.98. The Hall–Kier alpha value is -1.51. The third-order valence-electron chi connectivity index (χ3n) is 4.61. The molecule has 1 aromatic carbocycles. The molecule has 2 aromatic rings. The molecule has 3 heteroatoms. The van der Waals surface area contributed by atoms with Gasteiger partial charge < -0.3 is 10.3 Å². The molecule has 1 heterocycles. The number of nitrogen functional groups attached to an aromatic ring is 1. The summed E-state index contributed by atoms with van der Waals surface area (Å²) in [6, 6.07) is 6.77. The molecule has 1 aliphatic rings. The highest BCUT2D eigenvalue weighted by atomic mass is 15.2. The molecule has 3 rings (SSSR count). The molecule has 1 saturated carbocycles. The van der Waals surface area contributed by atoms with Gasteiger partial charge in [-0.15, -0.1) is 0 Å². The summed E-state index contributed by atoms with van der Waals surface area (Å²) in [4.78, 5) is 4.53. The van der Waals surface area contributed by atoms with Crippen molar-refractivity contribution in [1.29, 1.82) is 0 Å². The van der Waals surface area contributed by atoms with Crippen LogP contribution < -0.4 is 5.73 Å². The van der Waals surface area contributed by atoms with Crippen molar-refractivity contribution in [2.75, 3.05) is 5.73 Å². The average molecular weight is 257 g/mol. The minimum Gasteiger partial charge on any atom is -0.369 e. The van der Waals surface area contributed by atoms with Gasteiger partial charge in [-0.05, 0) is 49.7 Å². The number of benzene rings is 1. The van der Waals surface area contributed by atoms with Crippen LogP contribution in [-0.2, 0) is 0 Å². The van der Waals surface area contributed by atoms with Crippen molar-refractivity contribution < 1.29 is 0 Å². The fourth-order valence-corrected chi connectivity index (χ4v) is 3.35. The van der Waals surface area contributed by atoms with Gasteiger partial charge >= 0.3 is 0 Å². The second-order valence-corrected chi connectivity index (χ2v) is 6.68. The Kier molecular flexibility index (Phi) is 2.80. The number of nitrogens with two attached hydrogens (primary N) is 1. The Balaban J connectivity index is 2.04. The summed E-state index contributed by atoms with van der Waals surface area (Å²) in [5.41, 5.74) is 10.2. The number of imidazole rings is 1. The van der Waals surface area contributed by atoms with Gasteiger partial charge in [-0.1, -0.05) is 26.0 Å². The summed E-state index contributed by atoms with van der Waals surface area (Å²) in [5.74, 6) is 0.675. The number of rotatable bonds is 1. The molecule has 102 valence electrons. The van der Waals surface area contributed by atoms with Crippen LogP contribution in [0.2, 0.25) is 0 Å². The molecule has 1 fully saturated rings. The summed E-state index contributed by atoms with van der Waals surface area (Å²) >= 11 is 0. The van der Waals surface area contributed by atoms with Crippen molar-refractivity contribution in [1.82, 2.24) is 9.55 Å². The number of hydrogen-bond acceptors (Lipinski definition) is 2. The van der Waals surface area contributed by atoms with E-state index in [1.807, 2.05) is 0 Å². The van der Waals surface area contributed by atoms with E-state index < -0.39 is 0 Å². The molecule has 19 heavy (non-hydrogen) atoms. The Morgan fingerprint density at radius 1 is 1.26 bits per heavy atom. The lowest BCUT2D eigenvalue weighted by molar-refractivity contribution is 0.197. The van der Waals surface area contributed by atoms with E-state index in [4.69, 9.17) is 5.73 Å².